The van der Waals surface area contributed by atoms with E-state index in [4.69, 9.17) is 4.74 Å². The van der Waals surface area contributed by atoms with Gasteiger partial charge in [0.15, 0.2) is 0 Å². The minimum Gasteiger partial charge on any atom is -0.369 e. The molecule has 174 valence electrons. The van der Waals surface area contributed by atoms with Crippen molar-refractivity contribution in [1.82, 2.24) is 20.4 Å². The SMILES string of the molecule is CC1CCC(F)C2CC(C(=O)N[C@@H]3CCC[C@@H](N4CCN5C(=O)COCC5C4)C3)NC12. The van der Waals surface area contributed by atoms with Gasteiger partial charge in [-0.1, -0.05) is 6.92 Å². The maximum Gasteiger partial charge on any atom is 0.248 e. The number of piperazine rings is 1. The fourth-order valence-electron chi connectivity index (χ4n) is 6.78. The van der Waals surface area contributed by atoms with Gasteiger partial charge >= 0.3 is 0 Å². The van der Waals surface area contributed by atoms with Gasteiger partial charge < -0.3 is 20.3 Å². The summed E-state index contributed by atoms with van der Waals surface area (Å²) in [5.74, 6) is 0.577. The van der Waals surface area contributed by atoms with E-state index in [-0.39, 0.29) is 48.5 Å². The first-order valence-electron chi connectivity index (χ1n) is 12.3. The van der Waals surface area contributed by atoms with Crippen LogP contribution in [0.15, 0.2) is 0 Å². The molecule has 3 heterocycles. The van der Waals surface area contributed by atoms with Crippen LogP contribution in [-0.4, -0.2) is 90.8 Å². The van der Waals surface area contributed by atoms with Crippen LogP contribution in [0.3, 0.4) is 0 Å². The average Bonchev–Trinajstić information content (AvgIpc) is 3.24. The lowest BCUT2D eigenvalue weighted by molar-refractivity contribution is -0.153. The van der Waals surface area contributed by atoms with Crippen LogP contribution in [0.25, 0.3) is 0 Å². The lowest BCUT2D eigenvalue weighted by Gasteiger charge is -2.47. The molecule has 0 bridgehead atoms. The molecule has 5 rings (SSSR count). The van der Waals surface area contributed by atoms with Crippen LogP contribution in [0.4, 0.5) is 4.39 Å². The van der Waals surface area contributed by atoms with Gasteiger partial charge in [-0.3, -0.25) is 14.5 Å². The fourth-order valence-corrected chi connectivity index (χ4v) is 6.78. The summed E-state index contributed by atoms with van der Waals surface area (Å²) in [5.41, 5.74) is 0. The summed E-state index contributed by atoms with van der Waals surface area (Å²) >= 11 is 0. The summed E-state index contributed by atoms with van der Waals surface area (Å²) < 4.78 is 19.9. The topological polar surface area (TPSA) is 73.9 Å². The van der Waals surface area contributed by atoms with Crippen LogP contribution in [0.5, 0.6) is 0 Å². The largest absolute Gasteiger partial charge is 0.369 e. The molecule has 3 saturated heterocycles. The Morgan fingerprint density at radius 1 is 1.16 bits per heavy atom. The van der Waals surface area contributed by atoms with Crippen molar-refractivity contribution in [2.75, 3.05) is 32.8 Å². The number of hydrogen-bond donors (Lipinski definition) is 2. The highest BCUT2D eigenvalue weighted by atomic mass is 19.1. The highest BCUT2D eigenvalue weighted by molar-refractivity contribution is 5.82. The van der Waals surface area contributed by atoms with Crippen molar-refractivity contribution in [3.63, 3.8) is 0 Å². The third-order valence-corrected chi connectivity index (χ3v) is 8.53. The Kier molecular flexibility index (Phi) is 6.23. The van der Waals surface area contributed by atoms with E-state index in [1.807, 2.05) is 4.90 Å². The van der Waals surface area contributed by atoms with Crippen LogP contribution in [0.1, 0.15) is 51.9 Å². The zero-order chi connectivity index (χ0) is 21.5. The van der Waals surface area contributed by atoms with E-state index in [0.717, 1.165) is 51.7 Å². The standard InChI is InChI=1S/C23H37FN4O3/c1-14-5-6-19(24)18-10-20(26-22(14)18)23(30)25-15-3-2-4-16(9-15)27-7-8-28-17(11-27)12-31-13-21(28)29/h14-20,22,26H,2-13H2,1H3,(H,25,30)/t14?,15-,16-,17?,18?,19?,20?,22?/m1/s1. The summed E-state index contributed by atoms with van der Waals surface area (Å²) in [6.07, 6.45) is 5.58. The molecule has 0 spiro atoms. The van der Waals surface area contributed by atoms with Crippen molar-refractivity contribution >= 4 is 11.8 Å². The van der Waals surface area contributed by atoms with E-state index in [0.29, 0.717) is 31.4 Å². The van der Waals surface area contributed by atoms with Gasteiger partial charge in [0.05, 0.1) is 18.7 Å². The molecular formula is C23H37FN4O3. The van der Waals surface area contributed by atoms with Crippen molar-refractivity contribution in [3.05, 3.63) is 0 Å². The Morgan fingerprint density at radius 3 is 2.87 bits per heavy atom. The molecular weight excluding hydrogens is 399 g/mol. The number of ether oxygens (including phenoxy) is 1. The third kappa shape index (κ3) is 4.35. The fraction of sp³-hybridized carbons (Fsp3) is 0.913. The monoisotopic (exact) mass is 436 g/mol. The van der Waals surface area contributed by atoms with Gasteiger partial charge in [-0.25, -0.2) is 4.39 Å². The van der Waals surface area contributed by atoms with E-state index in [9.17, 15) is 14.0 Å². The van der Waals surface area contributed by atoms with Gasteiger partial charge in [0, 0.05) is 43.7 Å². The second-order valence-corrected chi connectivity index (χ2v) is 10.5. The van der Waals surface area contributed by atoms with Crippen LogP contribution >= 0.6 is 0 Å². The van der Waals surface area contributed by atoms with E-state index in [1.165, 1.54) is 0 Å². The molecule has 0 aromatic heterocycles. The molecule has 5 aliphatic rings. The lowest BCUT2D eigenvalue weighted by Crippen LogP contribution is -2.62. The number of rotatable bonds is 3. The second-order valence-electron chi connectivity index (χ2n) is 10.5. The number of amides is 2. The summed E-state index contributed by atoms with van der Waals surface area (Å²) in [4.78, 5) is 29.5. The van der Waals surface area contributed by atoms with Crippen LogP contribution < -0.4 is 10.6 Å². The van der Waals surface area contributed by atoms with E-state index in [1.54, 1.807) is 0 Å². The molecule has 6 unspecified atom stereocenters. The predicted molar refractivity (Wildman–Crippen MR) is 114 cm³/mol. The number of nitrogens with zero attached hydrogens (tertiary/aromatic N) is 2. The second kappa shape index (κ2) is 8.94. The van der Waals surface area contributed by atoms with Gasteiger partial charge in [0.2, 0.25) is 11.8 Å². The first-order valence-corrected chi connectivity index (χ1v) is 12.3. The summed E-state index contributed by atoms with van der Waals surface area (Å²) in [7, 11) is 0. The van der Waals surface area contributed by atoms with Crippen molar-refractivity contribution in [1.29, 1.82) is 0 Å². The first-order chi connectivity index (χ1) is 15.0. The van der Waals surface area contributed by atoms with Gasteiger partial charge in [-0.15, -0.1) is 0 Å². The number of carbonyl (C=O) groups excluding carboxylic acids is 2. The van der Waals surface area contributed by atoms with Crippen molar-refractivity contribution in [2.45, 2.75) is 88.3 Å². The number of alkyl halides is 1. The van der Waals surface area contributed by atoms with Gasteiger partial charge in [-0.05, 0) is 50.9 Å². The Bertz CT molecular complexity index is 676. The number of carbonyl (C=O) groups is 2. The van der Waals surface area contributed by atoms with Crippen molar-refractivity contribution in [2.24, 2.45) is 11.8 Å². The van der Waals surface area contributed by atoms with Crippen molar-refractivity contribution < 1.29 is 18.7 Å². The highest BCUT2D eigenvalue weighted by Crippen LogP contribution is 2.38. The number of halogens is 1. The lowest BCUT2D eigenvalue weighted by atomic mass is 9.77. The van der Waals surface area contributed by atoms with E-state index < -0.39 is 6.17 Å². The Labute approximate surface area is 184 Å². The quantitative estimate of drug-likeness (QED) is 0.693. The Balaban J connectivity index is 1.14. The highest BCUT2D eigenvalue weighted by Gasteiger charge is 2.46. The predicted octanol–water partition coefficient (Wildman–Crippen LogP) is 1.07. The third-order valence-electron chi connectivity index (χ3n) is 8.53. The summed E-state index contributed by atoms with van der Waals surface area (Å²) in [6, 6.07) is 0.647. The molecule has 0 radical (unpaired) electrons. The number of nitrogens with one attached hydrogen (secondary N) is 2. The molecule has 31 heavy (non-hydrogen) atoms. The maximum absolute atomic E-state index is 14.4. The van der Waals surface area contributed by atoms with Crippen LogP contribution in [0.2, 0.25) is 0 Å². The molecule has 2 amide bonds. The summed E-state index contributed by atoms with van der Waals surface area (Å²) in [5, 5.41) is 6.75. The zero-order valence-corrected chi connectivity index (χ0v) is 18.6. The van der Waals surface area contributed by atoms with E-state index in [2.05, 4.69) is 22.5 Å². The molecule has 7 nitrogen and oxygen atoms in total. The molecule has 2 saturated carbocycles. The molecule has 3 aliphatic heterocycles. The van der Waals surface area contributed by atoms with Crippen LogP contribution in [-0.2, 0) is 14.3 Å². The zero-order valence-electron chi connectivity index (χ0n) is 18.6. The molecule has 0 aromatic carbocycles. The maximum atomic E-state index is 14.4. The molecule has 0 aromatic rings. The average molecular weight is 437 g/mol. The van der Waals surface area contributed by atoms with Gasteiger partial charge in [-0.2, -0.15) is 0 Å². The first kappa shape index (κ1) is 21.6. The number of hydrogen-bond acceptors (Lipinski definition) is 5. The minimum absolute atomic E-state index is 0.0182. The smallest absolute Gasteiger partial charge is 0.248 e. The minimum atomic E-state index is -0.778. The number of fused-ring (bicyclic) bond motifs is 2. The summed E-state index contributed by atoms with van der Waals surface area (Å²) in [6.45, 7) is 5.55. The Morgan fingerprint density at radius 2 is 2.03 bits per heavy atom. The molecule has 2 N–H and O–H groups in total. The normalized spacial score (nSPS) is 43.9. The van der Waals surface area contributed by atoms with Crippen LogP contribution in [0, 0.1) is 11.8 Å². The van der Waals surface area contributed by atoms with E-state index >= 15 is 0 Å². The molecule has 8 atom stereocenters. The molecule has 5 fully saturated rings. The van der Waals surface area contributed by atoms with Gasteiger partial charge in [0.25, 0.3) is 0 Å². The van der Waals surface area contributed by atoms with Gasteiger partial charge in [0.1, 0.15) is 12.8 Å². The molecule has 8 heteroatoms. The van der Waals surface area contributed by atoms with Crippen molar-refractivity contribution in [3.8, 4) is 0 Å². The number of morpholine rings is 1. The molecule has 2 aliphatic carbocycles. The Hall–Kier alpha value is -1.25.